The van der Waals surface area contributed by atoms with Gasteiger partial charge < -0.3 is 0 Å². The summed E-state index contributed by atoms with van der Waals surface area (Å²) in [6, 6.07) is 14.3. The second kappa shape index (κ2) is 26.7. The predicted octanol–water partition coefficient (Wildman–Crippen LogP) is 15.0. The van der Waals surface area contributed by atoms with E-state index in [2.05, 4.69) is 77.9 Å². The average molecular weight is 643 g/mol. The fourth-order valence-corrected chi connectivity index (χ4v) is 6.68. The van der Waals surface area contributed by atoms with Gasteiger partial charge in [-0.15, -0.1) is 0 Å². The Morgan fingerprint density at radius 3 is 1.06 bits per heavy atom. The Bertz CT molecular complexity index is 1140. The molecule has 0 amide bonds. The number of hydrogen-bond donors (Lipinski definition) is 0. The van der Waals surface area contributed by atoms with Crippen LogP contribution in [0.2, 0.25) is 0 Å². The molecule has 0 aliphatic rings. The second-order valence-corrected chi connectivity index (χ2v) is 14.1. The van der Waals surface area contributed by atoms with Gasteiger partial charge in [0.05, 0.1) is 22.8 Å². The van der Waals surface area contributed by atoms with Gasteiger partial charge in [0.15, 0.2) is 0 Å². The molecule has 0 fully saturated rings. The number of aliphatic imine (C=N–C) groups is 2. The highest BCUT2D eigenvalue weighted by atomic mass is 14.8. The highest BCUT2D eigenvalue weighted by Gasteiger charge is 2.13. The molecule has 2 nitrogen and oxygen atoms in total. The van der Waals surface area contributed by atoms with Gasteiger partial charge in [0.2, 0.25) is 0 Å². The van der Waals surface area contributed by atoms with Crippen LogP contribution in [0.4, 0.5) is 11.4 Å². The lowest BCUT2D eigenvalue weighted by Crippen LogP contribution is -2.14. The SMILES string of the molecule is CCCCCCC(=Nc1ccc(CCCCC)c(CCCCC)c1)C(CCCCC)=Nc1ccc(CCCCC)c(CCCCC)c1. The predicted molar refractivity (Wildman–Crippen MR) is 213 cm³/mol. The third-order valence-corrected chi connectivity index (χ3v) is 9.72. The summed E-state index contributed by atoms with van der Waals surface area (Å²) < 4.78 is 0. The maximum absolute atomic E-state index is 5.49. The summed E-state index contributed by atoms with van der Waals surface area (Å²) in [7, 11) is 0. The minimum atomic E-state index is 1.02. The van der Waals surface area contributed by atoms with E-state index in [1.165, 1.54) is 170 Å². The van der Waals surface area contributed by atoms with Crippen molar-refractivity contribution >= 4 is 22.8 Å². The van der Waals surface area contributed by atoms with E-state index in [0.717, 1.165) is 24.2 Å². The smallest absolute Gasteiger partial charge is 0.0636 e. The van der Waals surface area contributed by atoms with Crippen LogP contribution >= 0.6 is 0 Å². The molecule has 0 radical (unpaired) electrons. The first kappa shape index (κ1) is 41.0. The Morgan fingerprint density at radius 1 is 0.362 bits per heavy atom. The Morgan fingerprint density at radius 2 is 0.681 bits per heavy atom. The first-order valence-corrected chi connectivity index (χ1v) is 20.5. The van der Waals surface area contributed by atoms with Crippen molar-refractivity contribution in [2.75, 3.05) is 0 Å². The summed E-state index contributed by atoms with van der Waals surface area (Å²) in [6.45, 7) is 13.8. The van der Waals surface area contributed by atoms with Crippen LogP contribution in [0.3, 0.4) is 0 Å². The van der Waals surface area contributed by atoms with Crippen LogP contribution in [0.25, 0.3) is 0 Å². The Kier molecular flexibility index (Phi) is 23.3. The third-order valence-electron chi connectivity index (χ3n) is 9.72. The maximum atomic E-state index is 5.49. The monoisotopic (exact) mass is 643 g/mol. The molecule has 47 heavy (non-hydrogen) atoms. The summed E-state index contributed by atoms with van der Waals surface area (Å²) in [5, 5.41) is 0. The van der Waals surface area contributed by atoms with Gasteiger partial charge in [0.25, 0.3) is 0 Å². The highest BCUT2D eigenvalue weighted by molar-refractivity contribution is 6.43. The van der Waals surface area contributed by atoms with Crippen molar-refractivity contribution < 1.29 is 0 Å². The third kappa shape index (κ3) is 17.1. The summed E-state index contributed by atoms with van der Waals surface area (Å²) in [4.78, 5) is 11.0. The van der Waals surface area contributed by atoms with Crippen LogP contribution in [0.5, 0.6) is 0 Å². The molecule has 0 aromatic heterocycles. The van der Waals surface area contributed by atoms with Crippen LogP contribution in [-0.2, 0) is 25.7 Å². The fourth-order valence-electron chi connectivity index (χ4n) is 6.68. The number of unbranched alkanes of at least 4 members (excludes halogenated alkanes) is 13. The molecule has 0 spiro atoms. The van der Waals surface area contributed by atoms with Gasteiger partial charge in [-0.2, -0.15) is 0 Å². The van der Waals surface area contributed by atoms with E-state index in [4.69, 9.17) is 9.98 Å². The molecule has 0 aliphatic heterocycles. The van der Waals surface area contributed by atoms with E-state index < -0.39 is 0 Å². The molecule has 0 saturated carbocycles. The quantitative estimate of drug-likeness (QED) is 0.0652. The molecule has 0 aliphatic carbocycles. The van der Waals surface area contributed by atoms with E-state index in [1.807, 2.05) is 0 Å². The second-order valence-electron chi connectivity index (χ2n) is 14.1. The maximum Gasteiger partial charge on any atom is 0.0636 e. The lowest BCUT2D eigenvalue weighted by molar-refractivity contribution is 0.683. The molecule has 0 bridgehead atoms. The molecule has 2 aromatic rings. The number of aryl methyl sites for hydroxylation is 4. The first-order valence-electron chi connectivity index (χ1n) is 20.5. The van der Waals surface area contributed by atoms with Crippen LogP contribution in [0.1, 0.15) is 199 Å². The van der Waals surface area contributed by atoms with Gasteiger partial charge in [0, 0.05) is 0 Å². The number of benzene rings is 2. The van der Waals surface area contributed by atoms with Gasteiger partial charge in [-0.25, -0.2) is 0 Å². The van der Waals surface area contributed by atoms with E-state index in [9.17, 15) is 0 Å². The molecule has 0 saturated heterocycles. The molecule has 0 heterocycles. The number of nitrogens with zero attached hydrogens (tertiary/aromatic N) is 2. The molecule has 2 aromatic carbocycles. The normalized spacial score (nSPS) is 12.3. The van der Waals surface area contributed by atoms with E-state index in [0.29, 0.717) is 0 Å². The lowest BCUT2D eigenvalue weighted by Gasteiger charge is -2.15. The van der Waals surface area contributed by atoms with Crippen molar-refractivity contribution in [3.63, 3.8) is 0 Å². The van der Waals surface area contributed by atoms with Crippen LogP contribution in [-0.4, -0.2) is 11.4 Å². The lowest BCUT2D eigenvalue weighted by atomic mass is 9.96. The van der Waals surface area contributed by atoms with Gasteiger partial charge in [-0.1, -0.05) is 137 Å². The van der Waals surface area contributed by atoms with E-state index >= 15 is 0 Å². The molecule has 0 atom stereocenters. The molecule has 0 N–H and O–H groups in total. The van der Waals surface area contributed by atoms with Crippen LogP contribution < -0.4 is 0 Å². The molecule has 2 rings (SSSR count). The van der Waals surface area contributed by atoms with E-state index in [-0.39, 0.29) is 0 Å². The van der Waals surface area contributed by atoms with Gasteiger partial charge in [-0.3, -0.25) is 9.98 Å². The summed E-state index contributed by atoms with van der Waals surface area (Å²) in [5.74, 6) is 0. The first-order chi connectivity index (χ1) is 23.1. The van der Waals surface area contributed by atoms with Crippen molar-refractivity contribution in [3.05, 3.63) is 58.7 Å². The molecule has 264 valence electrons. The van der Waals surface area contributed by atoms with Crippen molar-refractivity contribution in [2.45, 2.75) is 202 Å². The van der Waals surface area contributed by atoms with Crippen LogP contribution in [0, 0.1) is 0 Å². The topological polar surface area (TPSA) is 24.7 Å². The number of rotatable bonds is 28. The highest BCUT2D eigenvalue weighted by Crippen LogP contribution is 2.27. The minimum absolute atomic E-state index is 1.02. The van der Waals surface area contributed by atoms with Crippen molar-refractivity contribution in [3.8, 4) is 0 Å². The fraction of sp³-hybridized carbons (Fsp3) is 0.689. The standard InChI is InChI=1S/C45H74N2/c1-7-13-19-25-31-45(47-43-35-33-39(27-21-15-9-3)41(37-43)29-23-17-11-5)44(30-24-18-12-6)46-42-34-32-38(26-20-14-8-2)40(36-42)28-22-16-10-4/h32-37H,7-31H2,1-6H3. The van der Waals surface area contributed by atoms with Gasteiger partial charge >= 0.3 is 0 Å². The Hall–Kier alpha value is -2.22. The zero-order valence-corrected chi connectivity index (χ0v) is 32.0. The van der Waals surface area contributed by atoms with Crippen molar-refractivity contribution in [2.24, 2.45) is 9.98 Å². The average Bonchev–Trinajstić information content (AvgIpc) is 3.08. The molecular weight excluding hydrogens is 569 g/mol. The Balaban J connectivity index is 2.56. The minimum Gasteiger partial charge on any atom is -0.252 e. The van der Waals surface area contributed by atoms with Crippen LogP contribution in [0.15, 0.2) is 46.4 Å². The van der Waals surface area contributed by atoms with Gasteiger partial charge in [-0.05, 0) is 124 Å². The summed E-state index contributed by atoms with van der Waals surface area (Å²) >= 11 is 0. The van der Waals surface area contributed by atoms with E-state index in [1.54, 1.807) is 11.1 Å². The molecule has 0 unspecified atom stereocenters. The molecule has 2 heteroatoms. The molecular formula is C45H74N2. The number of hydrogen-bond acceptors (Lipinski definition) is 2. The van der Waals surface area contributed by atoms with Crippen molar-refractivity contribution in [1.82, 2.24) is 0 Å². The zero-order valence-electron chi connectivity index (χ0n) is 32.0. The summed E-state index contributed by atoms with van der Waals surface area (Å²) in [5.41, 5.74) is 10.9. The van der Waals surface area contributed by atoms with Crippen molar-refractivity contribution in [1.29, 1.82) is 0 Å². The van der Waals surface area contributed by atoms with Gasteiger partial charge in [0.1, 0.15) is 0 Å². The largest absolute Gasteiger partial charge is 0.252 e. The Labute approximate surface area is 292 Å². The summed E-state index contributed by atoms with van der Waals surface area (Å²) in [6.07, 6.45) is 30.9. The zero-order chi connectivity index (χ0) is 34.0.